The number of piperazine rings is 1. The van der Waals surface area contributed by atoms with Crippen molar-refractivity contribution < 1.29 is 4.79 Å². The van der Waals surface area contributed by atoms with Crippen molar-refractivity contribution in [2.45, 2.75) is 99.8 Å². The fourth-order valence-corrected chi connectivity index (χ4v) is 4.28. The van der Waals surface area contributed by atoms with Crippen molar-refractivity contribution in [3.8, 4) is 0 Å². The summed E-state index contributed by atoms with van der Waals surface area (Å²) >= 11 is 0. The number of rotatable bonds is 14. The van der Waals surface area contributed by atoms with Crippen molar-refractivity contribution in [1.82, 2.24) is 9.80 Å². The summed E-state index contributed by atoms with van der Waals surface area (Å²) in [6.07, 6.45) is 17.7. The SMILES string of the molecule is CC(C)=CCC/C(C)=C/CC/C(C)=C/CC/C(C)=C/CCC(=O)N1CCN(CC(C)C)CC1. The lowest BCUT2D eigenvalue weighted by molar-refractivity contribution is -0.132. The molecule has 1 amide bonds. The van der Waals surface area contributed by atoms with E-state index in [1.165, 1.54) is 28.7 Å². The van der Waals surface area contributed by atoms with Gasteiger partial charge < -0.3 is 4.90 Å². The lowest BCUT2D eigenvalue weighted by Gasteiger charge is -2.35. The van der Waals surface area contributed by atoms with Gasteiger partial charge in [0.05, 0.1) is 0 Å². The minimum Gasteiger partial charge on any atom is -0.340 e. The molecule has 0 spiro atoms. The first kappa shape index (κ1) is 29.4. The average molecular weight is 457 g/mol. The van der Waals surface area contributed by atoms with Gasteiger partial charge in [0.15, 0.2) is 0 Å². The summed E-state index contributed by atoms with van der Waals surface area (Å²) in [5.41, 5.74) is 5.81. The number of nitrogens with zero attached hydrogens (tertiary/aromatic N) is 2. The molecule has 1 heterocycles. The summed E-state index contributed by atoms with van der Waals surface area (Å²) in [4.78, 5) is 17.1. The van der Waals surface area contributed by atoms with Crippen LogP contribution in [0, 0.1) is 5.92 Å². The van der Waals surface area contributed by atoms with Gasteiger partial charge in [0.25, 0.3) is 0 Å². The Labute approximate surface area is 205 Å². The maximum atomic E-state index is 12.5. The molecule has 0 aromatic heterocycles. The maximum Gasteiger partial charge on any atom is 0.222 e. The molecule has 1 aliphatic rings. The molecule has 3 heteroatoms. The molecule has 0 radical (unpaired) electrons. The zero-order chi connectivity index (χ0) is 24.6. The first-order chi connectivity index (χ1) is 15.7. The van der Waals surface area contributed by atoms with Gasteiger partial charge in [-0.25, -0.2) is 0 Å². The molecular weight excluding hydrogens is 404 g/mol. The summed E-state index contributed by atoms with van der Waals surface area (Å²) in [6.45, 7) is 20.5. The number of hydrogen-bond acceptors (Lipinski definition) is 2. The van der Waals surface area contributed by atoms with Gasteiger partial charge in [0.1, 0.15) is 0 Å². The van der Waals surface area contributed by atoms with E-state index in [-0.39, 0.29) is 0 Å². The summed E-state index contributed by atoms with van der Waals surface area (Å²) in [5, 5.41) is 0. The predicted octanol–water partition coefficient (Wildman–Crippen LogP) is 7.71. The molecule has 188 valence electrons. The summed E-state index contributed by atoms with van der Waals surface area (Å²) in [6, 6.07) is 0. The standard InChI is InChI=1S/C30H52N2O/c1-25(2)12-8-13-27(5)14-9-15-28(6)16-10-17-29(7)18-11-19-30(33)32-22-20-31(21-23-32)24-26(3)4/h12,14,16,18,26H,8-11,13,15,17,19-24H2,1-7H3/b27-14+,28-16+,29-18+. The van der Waals surface area contributed by atoms with Gasteiger partial charge in [-0.15, -0.1) is 0 Å². The Kier molecular flexibility index (Phi) is 15.1. The molecule has 1 fully saturated rings. The smallest absolute Gasteiger partial charge is 0.222 e. The van der Waals surface area contributed by atoms with Gasteiger partial charge >= 0.3 is 0 Å². The molecular formula is C30H52N2O. The van der Waals surface area contributed by atoms with Crippen LogP contribution in [0.15, 0.2) is 46.6 Å². The van der Waals surface area contributed by atoms with Crippen LogP contribution < -0.4 is 0 Å². The van der Waals surface area contributed by atoms with Crippen LogP contribution in [0.2, 0.25) is 0 Å². The third kappa shape index (κ3) is 15.0. The topological polar surface area (TPSA) is 23.6 Å². The van der Waals surface area contributed by atoms with Crippen molar-refractivity contribution in [1.29, 1.82) is 0 Å². The predicted molar refractivity (Wildman–Crippen MR) is 145 cm³/mol. The highest BCUT2D eigenvalue weighted by Gasteiger charge is 2.20. The Balaban J connectivity index is 2.21. The van der Waals surface area contributed by atoms with Crippen LogP contribution in [0.1, 0.15) is 99.8 Å². The number of carbonyl (C=O) groups excluding carboxylic acids is 1. The van der Waals surface area contributed by atoms with E-state index in [1.54, 1.807) is 0 Å². The second-order valence-corrected chi connectivity index (χ2v) is 10.7. The van der Waals surface area contributed by atoms with Crippen molar-refractivity contribution in [3.05, 3.63) is 46.6 Å². The summed E-state index contributed by atoms with van der Waals surface area (Å²) < 4.78 is 0. The molecule has 0 aromatic rings. The lowest BCUT2D eigenvalue weighted by atomic mass is 10.0. The molecule has 0 N–H and O–H groups in total. The normalized spacial score (nSPS) is 16.5. The molecule has 0 aliphatic carbocycles. The zero-order valence-electron chi connectivity index (χ0n) is 22.9. The van der Waals surface area contributed by atoms with Crippen LogP contribution in [0.3, 0.4) is 0 Å². The number of amides is 1. The van der Waals surface area contributed by atoms with Gasteiger partial charge in [-0.05, 0) is 85.5 Å². The van der Waals surface area contributed by atoms with Crippen LogP contribution in [0.25, 0.3) is 0 Å². The number of hydrogen-bond donors (Lipinski definition) is 0. The molecule has 0 bridgehead atoms. The van der Waals surface area contributed by atoms with Crippen LogP contribution in [-0.2, 0) is 4.79 Å². The molecule has 0 unspecified atom stereocenters. The highest BCUT2D eigenvalue weighted by Crippen LogP contribution is 2.14. The third-order valence-electron chi connectivity index (χ3n) is 6.35. The van der Waals surface area contributed by atoms with Gasteiger partial charge in [-0.1, -0.05) is 60.4 Å². The first-order valence-electron chi connectivity index (χ1n) is 13.3. The van der Waals surface area contributed by atoms with E-state index < -0.39 is 0 Å². The van der Waals surface area contributed by atoms with Crippen LogP contribution in [0.5, 0.6) is 0 Å². The quantitative estimate of drug-likeness (QED) is 0.250. The average Bonchev–Trinajstić information content (AvgIpc) is 2.73. The fraction of sp³-hybridized carbons (Fsp3) is 0.700. The molecule has 33 heavy (non-hydrogen) atoms. The maximum absolute atomic E-state index is 12.5. The molecule has 1 saturated heterocycles. The van der Waals surface area contributed by atoms with E-state index in [1.807, 2.05) is 0 Å². The highest BCUT2D eigenvalue weighted by molar-refractivity contribution is 5.76. The molecule has 0 aromatic carbocycles. The second-order valence-electron chi connectivity index (χ2n) is 10.7. The molecule has 3 nitrogen and oxygen atoms in total. The van der Waals surface area contributed by atoms with Gasteiger partial charge in [0.2, 0.25) is 5.91 Å². The van der Waals surface area contributed by atoms with Crippen LogP contribution in [0.4, 0.5) is 0 Å². The fourth-order valence-electron chi connectivity index (χ4n) is 4.28. The molecule has 0 atom stereocenters. The minimum absolute atomic E-state index is 0.322. The monoisotopic (exact) mass is 456 g/mol. The molecule has 1 aliphatic heterocycles. The van der Waals surface area contributed by atoms with Gasteiger partial charge in [0, 0.05) is 39.1 Å². The van der Waals surface area contributed by atoms with E-state index >= 15 is 0 Å². The Morgan fingerprint density at radius 3 is 1.52 bits per heavy atom. The second kappa shape index (κ2) is 16.9. The Hall–Kier alpha value is -1.61. The zero-order valence-corrected chi connectivity index (χ0v) is 22.9. The Morgan fingerprint density at radius 1 is 0.667 bits per heavy atom. The largest absolute Gasteiger partial charge is 0.340 e. The summed E-state index contributed by atoms with van der Waals surface area (Å²) in [7, 11) is 0. The highest BCUT2D eigenvalue weighted by atomic mass is 16.2. The minimum atomic E-state index is 0.322. The van der Waals surface area contributed by atoms with E-state index in [0.29, 0.717) is 18.2 Å². The van der Waals surface area contributed by atoms with Crippen molar-refractivity contribution in [3.63, 3.8) is 0 Å². The Bertz CT molecular complexity index is 684. The molecule has 0 saturated carbocycles. The van der Waals surface area contributed by atoms with Crippen molar-refractivity contribution >= 4 is 5.91 Å². The van der Waals surface area contributed by atoms with E-state index in [4.69, 9.17) is 0 Å². The molecule has 1 rings (SSSR count). The lowest BCUT2D eigenvalue weighted by Crippen LogP contribution is -2.49. The van der Waals surface area contributed by atoms with E-state index in [2.05, 4.69) is 82.6 Å². The first-order valence-corrected chi connectivity index (χ1v) is 13.3. The van der Waals surface area contributed by atoms with Gasteiger partial charge in [-0.2, -0.15) is 0 Å². The van der Waals surface area contributed by atoms with Crippen LogP contribution in [-0.4, -0.2) is 48.4 Å². The van der Waals surface area contributed by atoms with Crippen molar-refractivity contribution in [2.75, 3.05) is 32.7 Å². The number of allylic oxidation sites excluding steroid dienone is 8. The third-order valence-corrected chi connectivity index (χ3v) is 6.35. The number of carbonyl (C=O) groups is 1. The van der Waals surface area contributed by atoms with E-state index in [0.717, 1.165) is 71.2 Å². The van der Waals surface area contributed by atoms with E-state index in [9.17, 15) is 4.79 Å². The van der Waals surface area contributed by atoms with Gasteiger partial charge in [-0.3, -0.25) is 9.69 Å². The van der Waals surface area contributed by atoms with Crippen LogP contribution >= 0.6 is 0 Å². The summed E-state index contributed by atoms with van der Waals surface area (Å²) in [5.74, 6) is 1.02. The Morgan fingerprint density at radius 2 is 1.09 bits per heavy atom. The van der Waals surface area contributed by atoms with Crippen molar-refractivity contribution in [2.24, 2.45) is 5.92 Å².